The highest BCUT2D eigenvalue weighted by Crippen LogP contribution is 2.31. The first-order valence-corrected chi connectivity index (χ1v) is 11.2. The molecular formula is C22H38N4O3. The summed E-state index contributed by atoms with van der Waals surface area (Å²) in [5.41, 5.74) is 6.69. The van der Waals surface area contributed by atoms with Crippen molar-refractivity contribution in [2.24, 2.45) is 17.6 Å². The number of rotatable bonds is 12. The van der Waals surface area contributed by atoms with Crippen LogP contribution in [-0.4, -0.2) is 39.1 Å². The quantitative estimate of drug-likeness (QED) is 0.461. The number of unbranched alkanes of at least 4 members (excludes halogenated alkanes) is 1. The predicted octanol–water partition coefficient (Wildman–Crippen LogP) is 3.29. The van der Waals surface area contributed by atoms with Crippen molar-refractivity contribution in [1.82, 2.24) is 14.9 Å². The van der Waals surface area contributed by atoms with Gasteiger partial charge < -0.3 is 20.7 Å². The number of aromatic nitrogens is 2. The summed E-state index contributed by atoms with van der Waals surface area (Å²) in [5, 5.41) is 12.4. The fourth-order valence-electron chi connectivity index (χ4n) is 4.04. The summed E-state index contributed by atoms with van der Waals surface area (Å²) >= 11 is 0. The number of hydrogen-bond acceptors (Lipinski definition) is 4. The van der Waals surface area contributed by atoms with Gasteiger partial charge in [0.2, 0.25) is 5.91 Å². The molecule has 2 atom stereocenters. The molecule has 0 spiro atoms. The van der Waals surface area contributed by atoms with Crippen molar-refractivity contribution in [2.75, 3.05) is 6.54 Å². The van der Waals surface area contributed by atoms with Crippen molar-refractivity contribution in [3.63, 3.8) is 0 Å². The lowest BCUT2D eigenvalue weighted by molar-refractivity contribution is -0.142. The SMILES string of the molecule is CCCC[C@H](N)C(=O)NCCCC(Cc1cn(C2CCC(C)CC2)cn1)C(=O)O. The van der Waals surface area contributed by atoms with Crippen LogP contribution in [0.25, 0.3) is 0 Å². The summed E-state index contributed by atoms with van der Waals surface area (Å²) < 4.78 is 2.16. The van der Waals surface area contributed by atoms with Gasteiger partial charge in [-0.15, -0.1) is 0 Å². The number of aliphatic carboxylic acids is 1. The lowest BCUT2D eigenvalue weighted by Gasteiger charge is -2.26. The van der Waals surface area contributed by atoms with E-state index in [0.29, 0.717) is 38.3 Å². The molecule has 4 N–H and O–H groups in total. The molecule has 1 heterocycles. The van der Waals surface area contributed by atoms with E-state index >= 15 is 0 Å². The smallest absolute Gasteiger partial charge is 0.306 e. The molecule has 1 aromatic rings. The van der Waals surface area contributed by atoms with E-state index in [0.717, 1.165) is 24.5 Å². The van der Waals surface area contributed by atoms with Gasteiger partial charge in [0.25, 0.3) is 0 Å². The molecule has 1 saturated carbocycles. The predicted molar refractivity (Wildman–Crippen MR) is 113 cm³/mol. The Kier molecular flexibility index (Phi) is 9.64. The molecule has 1 amide bonds. The fraction of sp³-hybridized carbons (Fsp3) is 0.773. The van der Waals surface area contributed by atoms with Gasteiger partial charge in [0.05, 0.1) is 24.0 Å². The van der Waals surface area contributed by atoms with Gasteiger partial charge in [-0.3, -0.25) is 9.59 Å². The zero-order chi connectivity index (χ0) is 21.2. The molecule has 0 aliphatic heterocycles. The van der Waals surface area contributed by atoms with Crippen LogP contribution in [0.4, 0.5) is 0 Å². The van der Waals surface area contributed by atoms with Crippen LogP contribution >= 0.6 is 0 Å². The number of nitrogens with two attached hydrogens (primary N) is 1. The molecule has 1 aliphatic rings. The van der Waals surface area contributed by atoms with Crippen molar-refractivity contribution in [3.8, 4) is 0 Å². The fourth-order valence-corrected chi connectivity index (χ4v) is 4.04. The van der Waals surface area contributed by atoms with Crippen molar-refractivity contribution >= 4 is 11.9 Å². The summed E-state index contributed by atoms with van der Waals surface area (Å²) in [6.45, 7) is 4.82. The molecule has 1 aromatic heterocycles. The average Bonchev–Trinajstić information content (AvgIpc) is 3.17. The maximum atomic E-state index is 11.9. The van der Waals surface area contributed by atoms with Gasteiger partial charge in [-0.1, -0.05) is 26.7 Å². The summed E-state index contributed by atoms with van der Waals surface area (Å²) in [6, 6.07) is 0.0137. The van der Waals surface area contributed by atoms with Crippen LogP contribution < -0.4 is 11.1 Å². The van der Waals surface area contributed by atoms with E-state index in [4.69, 9.17) is 5.73 Å². The molecule has 1 unspecified atom stereocenters. The molecule has 0 bridgehead atoms. The second-order valence-electron chi connectivity index (χ2n) is 8.65. The number of carboxylic acid groups (broad SMARTS) is 1. The number of carboxylic acids is 1. The third-order valence-electron chi connectivity index (χ3n) is 6.10. The average molecular weight is 407 g/mol. The first-order valence-electron chi connectivity index (χ1n) is 11.2. The van der Waals surface area contributed by atoms with Gasteiger partial charge >= 0.3 is 5.97 Å². The molecule has 2 rings (SSSR count). The minimum Gasteiger partial charge on any atom is -0.481 e. The lowest BCUT2D eigenvalue weighted by atomic mass is 9.87. The van der Waals surface area contributed by atoms with Crippen molar-refractivity contribution < 1.29 is 14.7 Å². The topological polar surface area (TPSA) is 110 Å². The second-order valence-corrected chi connectivity index (χ2v) is 8.65. The van der Waals surface area contributed by atoms with Crippen molar-refractivity contribution in [3.05, 3.63) is 18.2 Å². The summed E-state index contributed by atoms with van der Waals surface area (Å²) in [5.74, 6) is -0.648. The molecule has 0 saturated heterocycles. The highest BCUT2D eigenvalue weighted by atomic mass is 16.4. The molecule has 7 nitrogen and oxygen atoms in total. The Morgan fingerprint density at radius 3 is 2.66 bits per heavy atom. The normalized spacial score (nSPS) is 21.5. The Balaban J connectivity index is 1.76. The number of nitrogens with zero attached hydrogens (tertiary/aromatic N) is 2. The highest BCUT2D eigenvalue weighted by Gasteiger charge is 2.22. The molecule has 29 heavy (non-hydrogen) atoms. The minimum atomic E-state index is -0.808. The van der Waals surface area contributed by atoms with Gasteiger partial charge in [-0.25, -0.2) is 4.98 Å². The van der Waals surface area contributed by atoms with Crippen LogP contribution in [0.1, 0.15) is 83.4 Å². The van der Waals surface area contributed by atoms with Crippen LogP contribution in [0.5, 0.6) is 0 Å². The number of carbonyl (C=O) groups excluding carboxylic acids is 1. The summed E-state index contributed by atoms with van der Waals surface area (Å²) in [4.78, 5) is 28.0. The van der Waals surface area contributed by atoms with Gasteiger partial charge in [0, 0.05) is 25.2 Å². The van der Waals surface area contributed by atoms with Crippen LogP contribution in [-0.2, 0) is 16.0 Å². The number of nitrogens with one attached hydrogen (secondary N) is 1. The van der Waals surface area contributed by atoms with Crippen molar-refractivity contribution in [1.29, 1.82) is 0 Å². The Morgan fingerprint density at radius 2 is 2.00 bits per heavy atom. The summed E-state index contributed by atoms with van der Waals surface area (Å²) in [6.07, 6.45) is 12.9. The Bertz CT molecular complexity index is 638. The maximum Gasteiger partial charge on any atom is 0.306 e. The Labute approximate surface area is 174 Å². The Hall–Kier alpha value is -1.89. The minimum absolute atomic E-state index is 0.147. The molecule has 164 valence electrons. The largest absolute Gasteiger partial charge is 0.481 e. The third kappa shape index (κ3) is 7.80. The maximum absolute atomic E-state index is 11.9. The van der Waals surface area contributed by atoms with Gasteiger partial charge in [-0.05, 0) is 50.9 Å². The standard InChI is InChI=1S/C22H38N4O3/c1-3-4-7-20(23)21(27)24-12-5-6-17(22(28)29)13-18-14-26(15-25-18)19-10-8-16(2)9-11-19/h14-17,19-20H,3-13,23H2,1-2H3,(H,24,27)(H,28,29)/t16?,17?,19?,20-/m0/s1. The molecule has 1 fully saturated rings. The number of hydrogen-bond donors (Lipinski definition) is 3. The molecule has 1 aliphatic carbocycles. The molecule has 0 aromatic carbocycles. The second kappa shape index (κ2) is 12.0. The zero-order valence-electron chi connectivity index (χ0n) is 18.0. The first kappa shape index (κ1) is 23.4. The Morgan fingerprint density at radius 1 is 1.28 bits per heavy atom. The lowest BCUT2D eigenvalue weighted by Crippen LogP contribution is -2.41. The van der Waals surface area contributed by atoms with E-state index < -0.39 is 17.9 Å². The monoisotopic (exact) mass is 406 g/mol. The van der Waals surface area contributed by atoms with E-state index in [2.05, 4.69) is 28.7 Å². The van der Waals surface area contributed by atoms with E-state index in [9.17, 15) is 14.7 Å². The van der Waals surface area contributed by atoms with E-state index in [-0.39, 0.29) is 5.91 Å². The van der Waals surface area contributed by atoms with Gasteiger partial charge in [-0.2, -0.15) is 0 Å². The van der Waals surface area contributed by atoms with Gasteiger partial charge in [0.15, 0.2) is 0 Å². The van der Waals surface area contributed by atoms with E-state index in [1.165, 1.54) is 25.7 Å². The molecule has 0 radical (unpaired) electrons. The van der Waals surface area contributed by atoms with Crippen LogP contribution in [0.3, 0.4) is 0 Å². The zero-order valence-corrected chi connectivity index (χ0v) is 18.0. The van der Waals surface area contributed by atoms with E-state index in [1.807, 2.05) is 12.5 Å². The summed E-state index contributed by atoms with van der Waals surface area (Å²) in [7, 11) is 0. The van der Waals surface area contributed by atoms with Crippen LogP contribution in [0.2, 0.25) is 0 Å². The number of imidazole rings is 1. The number of carbonyl (C=O) groups is 2. The van der Waals surface area contributed by atoms with Crippen LogP contribution in [0.15, 0.2) is 12.5 Å². The molecular weight excluding hydrogens is 368 g/mol. The number of amides is 1. The third-order valence-corrected chi connectivity index (χ3v) is 6.10. The molecule has 7 heteroatoms. The van der Waals surface area contributed by atoms with Crippen LogP contribution in [0, 0.1) is 11.8 Å². The first-order chi connectivity index (χ1) is 13.9. The van der Waals surface area contributed by atoms with Gasteiger partial charge in [0.1, 0.15) is 0 Å². The highest BCUT2D eigenvalue weighted by molar-refractivity contribution is 5.81. The van der Waals surface area contributed by atoms with E-state index in [1.54, 1.807) is 0 Å². The van der Waals surface area contributed by atoms with Crippen molar-refractivity contribution in [2.45, 2.75) is 90.1 Å².